The smallest absolute Gasteiger partial charge is 0.261 e. The van der Waals surface area contributed by atoms with Crippen LogP contribution in [0, 0.1) is 13.8 Å². The number of ether oxygens (including phenoxy) is 2. The lowest BCUT2D eigenvalue weighted by molar-refractivity contribution is -0.128. The molecule has 0 radical (unpaired) electrons. The van der Waals surface area contributed by atoms with E-state index in [-0.39, 0.29) is 11.9 Å². The summed E-state index contributed by atoms with van der Waals surface area (Å²) in [5, 5.41) is 3.07. The van der Waals surface area contributed by atoms with E-state index in [2.05, 4.69) is 5.32 Å². The first-order chi connectivity index (χ1) is 11.9. The van der Waals surface area contributed by atoms with E-state index >= 15 is 0 Å². The fraction of sp³-hybridized carbons (Fsp3) is 0.381. The summed E-state index contributed by atoms with van der Waals surface area (Å²) in [5.74, 6) is 1.42. The molecule has 0 fully saturated rings. The van der Waals surface area contributed by atoms with Gasteiger partial charge in [0.05, 0.1) is 13.2 Å². The molecule has 2 rings (SSSR count). The molecule has 4 heteroatoms. The number of amides is 1. The van der Waals surface area contributed by atoms with Crippen molar-refractivity contribution in [2.75, 3.05) is 7.11 Å². The summed E-state index contributed by atoms with van der Waals surface area (Å²) in [6.07, 6.45) is 0.239. The largest absolute Gasteiger partial charge is 0.497 e. The van der Waals surface area contributed by atoms with E-state index < -0.39 is 6.10 Å². The van der Waals surface area contributed by atoms with Gasteiger partial charge >= 0.3 is 0 Å². The Balaban J connectivity index is 2.02. The number of carbonyl (C=O) groups is 1. The van der Waals surface area contributed by atoms with Crippen LogP contribution in [0.4, 0.5) is 0 Å². The van der Waals surface area contributed by atoms with E-state index in [1.54, 1.807) is 14.0 Å². The summed E-state index contributed by atoms with van der Waals surface area (Å²) in [6, 6.07) is 13.6. The van der Waals surface area contributed by atoms with Crippen LogP contribution in [0.1, 0.15) is 43.0 Å². The minimum Gasteiger partial charge on any atom is -0.497 e. The van der Waals surface area contributed by atoms with Gasteiger partial charge in [-0.25, -0.2) is 0 Å². The Morgan fingerprint density at radius 2 is 1.80 bits per heavy atom. The van der Waals surface area contributed by atoms with Gasteiger partial charge in [0.25, 0.3) is 5.91 Å². The molecule has 1 amide bonds. The van der Waals surface area contributed by atoms with E-state index in [1.165, 1.54) is 5.56 Å². The molecule has 2 aromatic carbocycles. The maximum absolute atomic E-state index is 12.5. The van der Waals surface area contributed by atoms with E-state index in [0.29, 0.717) is 0 Å². The lowest BCUT2D eigenvalue weighted by Crippen LogP contribution is -2.38. The first-order valence-corrected chi connectivity index (χ1v) is 8.62. The Morgan fingerprint density at radius 1 is 1.12 bits per heavy atom. The minimum atomic E-state index is -0.561. The van der Waals surface area contributed by atoms with Crippen molar-refractivity contribution in [2.24, 2.45) is 0 Å². The van der Waals surface area contributed by atoms with Crippen LogP contribution in [0.5, 0.6) is 11.5 Å². The van der Waals surface area contributed by atoms with Crippen molar-refractivity contribution >= 4 is 5.91 Å². The van der Waals surface area contributed by atoms with Gasteiger partial charge in [-0.3, -0.25) is 4.79 Å². The molecule has 0 heterocycles. The summed E-state index contributed by atoms with van der Waals surface area (Å²) < 4.78 is 11.0. The fourth-order valence-corrected chi connectivity index (χ4v) is 2.72. The van der Waals surface area contributed by atoms with Gasteiger partial charge in [0, 0.05) is 0 Å². The first-order valence-electron chi connectivity index (χ1n) is 8.62. The maximum atomic E-state index is 12.5. The van der Waals surface area contributed by atoms with Crippen LogP contribution in [0.25, 0.3) is 0 Å². The number of rotatable bonds is 7. The molecule has 25 heavy (non-hydrogen) atoms. The summed E-state index contributed by atoms with van der Waals surface area (Å²) in [5.41, 5.74) is 3.25. The molecule has 0 bridgehead atoms. The van der Waals surface area contributed by atoms with Crippen LogP contribution in [0.2, 0.25) is 0 Å². The van der Waals surface area contributed by atoms with Crippen molar-refractivity contribution in [3.05, 3.63) is 59.2 Å². The third-order valence-corrected chi connectivity index (χ3v) is 4.25. The quantitative estimate of drug-likeness (QED) is 0.814. The molecule has 0 aliphatic carbocycles. The molecule has 0 saturated heterocycles. The van der Waals surface area contributed by atoms with Crippen LogP contribution in [0.3, 0.4) is 0 Å². The summed E-state index contributed by atoms with van der Waals surface area (Å²) in [4.78, 5) is 12.5. The summed E-state index contributed by atoms with van der Waals surface area (Å²) in [7, 11) is 1.64. The van der Waals surface area contributed by atoms with Crippen molar-refractivity contribution in [1.82, 2.24) is 5.32 Å². The Hall–Kier alpha value is -2.49. The van der Waals surface area contributed by atoms with Crippen molar-refractivity contribution in [1.29, 1.82) is 0 Å². The molecular weight excluding hydrogens is 314 g/mol. The monoisotopic (exact) mass is 341 g/mol. The lowest BCUT2D eigenvalue weighted by Gasteiger charge is -2.22. The average Bonchev–Trinajstić information content (AvgIpc) is 2.61. The predicted octanol–water partition coefficient (Wildman–Crippen LogP) is 4.35. The van der Waals surface area contributed by atoms with Crippen LogP contribution >= 0.6 is 0 Å². The predicted molar refractivity (Wildman–Crippen MR) is 100 cm³/mol. The van der Waals surface area contributed by atoms with Crippen molar-refractivity contribution in [3.8, 4) is 11.5 Å². The highest BCUT2D eigenvalue weighted by Gasteiger charge is 2.20. The number of aryl methyl sites for hydroxylation is 2. The number of hydrogen-bond donors (Lipinski definition) is 1. The highest BCUT2D eigenvalue weighted by Crippen LogP contribution is 2.22. The normalized spacial score (nSPS) is 13.0. The molecule has 0 aliphatic heterocycles. The van der Waals surface area contributed by atoms with Crippen molar-refractivity contribution < 1.29 is 14.3 Å². The molecule has 4 nitrogen and oxygen atoms in total. The second-order valence-electron chi connectivity index (χ2n) is 6.27. The molecule has 0 aliphatic rings. The second-order valence-corrected chi connectivity index (χ2v) is 6.27. The number of methoxy groups -OCH3 is 1. The fourth-order valence-electron chi connectivity index (χ4n) is 2.72. The summed E-state index contributed by atoms with van der Waals surface area (Å²) >= 11 is 0. The van der Waals surface area contributed by atoms with Gasteiger partial charge in [0.2, 0.25) is 0 Å². The lowest BCUT2D eigenvalue weighted by atomic mass is 10.0. The van der Waals surface area contributed by atoms with Gasteiger partial charge < -0.3 is 14.8 Å². The van der Waals surface area contributed by atoms with Gasteiger partial charge in [0.15, 0.2) is 6.10 Å². The zero-order valence-corrected chi connectivity index (χ0v) is 15.6. The molecule has 134 valence electrons. The van der Waals surface area contributed by atoms with Crippen LogP contribution in [0.15, 0.2) is 42.5 Å². The average molecular weight is 341 g/mol. The third kappa shape index (κ3) is 4.99. The second kappa shape index (κ2) is 8.56. The molecule has 2 atom stereocenters. The topological polar surface area (TPSA) is 47.6 Å². The Kier molecular flexibility index (Phi) is 6.45. The Bertz CT molecular complexity index is 710. The van der Waals surface area contributed by atoms with E-state index in [1.807, 2.05) is 63.2 Å². The zero-order chi connectivity index (χ0) is 18.4. The highest BCUT2D eigenvalue weighted by molar-refractivity contribution is 5.81. The summed E-state index contributed by atoms with van der Waals surface area (Å²) in [6.45, 7) is 7.84. The highest BCUT2D eigenvalue weighted by atomic mass is 16.5. The van der Waals surface area contributed by atoms with E-state index in [0.717, 1.165) is 29.0 Å². The molecule has 1 N–H and O–H groups in total. The number of carbonyl (C=O) groups excluding carboxylic acids is 1. The van der Waals surface area contributed by atoms with E-state index in [4.69, 9.17) is 9.47 Å². The molecule has 0 unspecified atom stereocenters. The molecule has 0 saturated carbocycles. The maximum Gasteiger partial charge on any atom is 0.261 e. The molecule has 0 aromatic heterocycles. The van der Waals surface area contributed by atoms with E-state index in [9.17, 15) is 4.79 Å². The van der Waals surface area contributed by atoms with Crippen molar-refractivity contribution in [2.45, 2.75) is 46.3 Å². The standard InChI is InChI=1S/C21H27NO3/c1-6-19(17-8-10-18(24-5)11-9-17)22-21(23)16(4)25-20-12-7-14(2)13-15(20)3/h7-13,16,19H,6H2,1-5H3,(H,22,23)/t16-,19+/m1/s1. The zero-order valence-electron chi connectivity index (χ0n) is 15.6. The van der Waals surface area contributed by atoms with Gasteiger partial charge in [-0.1, -0.05) is 36.8 Å². The Labute approximate surface area is 150 Å². The van der Waals surface area contributed by atoms with Crippen molar-refractivity contribution in [3.63, 3.8) is 0 Å². The minimum absolute atomic E-state index is 0.0522. The number of benzene rings is 2. The molecule has 0 spiro atoms. The SMILES string of the molecule is CC[C@H](NC(=O)[C@@H](C)Oc1ccc(C)cc1C)c1ccc(OC)cc1. The number of hydrogen-bond acceptors (Lipinski definition) is 3. The van der Waals surface area contributed by atoms with Crippen LogP contribution < -0.4 is 14.8 Å². The van der Waals surface area contributed by atoms with Crippen LogP contribution in [-0.2, 0) is 4.79 Å². The third-order valence-electron chi connectivity index (χ3n) is 4.25. The Morgan fingerprint density at radius 3 is 2.36 bits per heavy atom. The first kappa shape index (κ1) is 18.8. The molecule has 2 aromatic rings. The van der Waals surface area contributed by atoms with Gasteiger partial charge in [-0.05, 0) is 56.5 Å². The molecular formula is C21H27NO3. The van der Waals surface area contributed by atoms with Crippen LogP contribution in [-0.4, -0.2) is 19.1 Å². The van der Waals surface area contributed by atoms with Gasteiger partial charge in [-0.15, -0.1) is 0 Å². The van der Waals surface area contributed by atoms with Gasteiger partial charge in [-0.2, -0.15) is 0 Å². The number of nitrogens with one attached hydrogen (secondary N) is 1. The van der Waals surface area contributed by atoms with Gasteiger partial charge in [0.1, 0.15) is 11.5 Å².